The molecule has 0 saturated carbocycles. The lowest BCUT2D eigenvalue weighted by molar-refractivity contribution is -0.141. The molecule has 2 amide bonds. The van der Waals surface area contributed by atoms with Gasteiger partial charge < -0.3 is 9.80 Å². The summed E-state index contributed by atoms with van der Waals surface area (Å²) >= 11 is 0. The van der Waals surface area contributed by atoms with Crippen LogP contribution >= 0.6 is 0 Å². The summed E-state index contributed by atoms with van der Waals surface area (Å²) in [5.74, 6) is 0.341. The van der Waals surface area contributed by atoms with Gasteiger partial charge in [-0.05, 0) is 51.6 Å². The monoisotopic (exact) mass is 321 g/mol. The molecule has 5 heteroatoms. The van der Waals surface area contributed by atoms with Gasteiger partial charge in [-0.2, -0.15) is 0 Å². The SMILES string of the molecule is CCN1CCC[C@@H]1[C@H]1CCCN1C(=O)CN1CCCCCC1=O. The summed E-state index contributed by atoms with van der Waals surface area (Å²) in [6.07, 6.45) is 8.43. The number of carbonyl (C=O) groups excluding carboxylic acids is 2. The molecule has 0 radical (unpaired) electrons. The van der Waals surface area contributed by atoms with E-state index in [-0.39, 0.29) is 11.8 Å². The van der Waals surface area contributed by atoms with Crippen LogP contribution in [0.2, 0.25) is 0 Å². The first kappa shape index (κ1) is 16.7. The predicted molar refractivity (Wildman–Crippen MR) is 90.1 cm³/mol. The minimum absolute atomic E-state index is 0.169. The Bertz CT molecular complexity index is 440. The number of likely N-dealkylation sites (N-methyl/N-ethyl adjacent to an activating group) is 1. The van der Waals surface area contributed by atoms with E-state index in [9.17, 15) is 9.59 Å². The largest absolute Gasteiger partial charge is 0.337 e. The van der Waals surface area contributed by atoms with E-state index < -0.39 is 0 Å². The molecule has 3 heterocycles. The highest BCUT2D eigenvalue weighted by atomic mass is 16.2. The number of nitrogens with zero attached hydrogens (tertiary/aromatic N) is 3. The average molecular weight is 321 g/mol. The Balaban J connectivity index is 1.62. The van der Waals surface area contributed by atoms with Gasteiger partial charge in [0.2, 0.25) is 11.8 Å². The molecular weight excluding hydrogens is 290 g/mol. The van der Waals surface area contributed by atoms with Crippen molar-refractivity contribution in [2.75, 3.05) is 32.7 Å². The van der Waals surface area contributed by atoms with Gasteiger partial charge >= 0.3 is 0 Å². The number of amides is 2. The van der Waals surface area contributed by atoms with Gasteiger partial charge in [0, 0.05) is 31.6 Å². The van der Waals surface area contributed by atoms with Crippen molar-refractivity contribution in [3.05, 3.63) is 0 Å². The number of hydrogen-bond donors (Lipinski definition) is 0. The second-order valence-electron chi connectivity index (χ2n) is 7.26. The number of carbonyl (C=O) groups is 2. The molecule has 3 rings (SSSR count). The topological polar surface area (TPSA) is 43.9 Å². The van der Waals surface area contributed by atoms with Crippen LogP contribution in [0, 0.1) is 0 Å². The van der Waals surface area contributed by atoms with Crippen molar-refractivity contribution in [3.63, 3.8) is 0 Å². The molecule has 0 spiro atoms. The predicted octanol–water partition coefficient (Wildman–Crippen LogP) is 1.86. The molecule has 2 atom stereocenters. The third kappa shape index (κ3) is 3.70. The van der Waals surface area contributed by atoms with E-state index >= 15 is 0 Å². The van der Waals surface area contributed by atoms with Crippen LogP contribution in [0.1, 0.15) is 58.3 Å². The Hall–Kier alpha value is -1.10. The molecule has 0 aromatic heterocycles. The zero-order valence-electron chi connectivity index (χ0n) is 14.5. The van der Waals surface area contributed by atoms with Crippen LogP contribution in [0.3, 0.4) is 0 Å². The third-order valence-electron chi connectivity index (χ3n) is 5.88. The summed E-state index contributed by atoms with van der Waals surface area (Å²) in [6.45, 7) is 6.40. The Kier molecular flexibility index (Phi) is 5.57. The van der Waals surface area contributed by atoms with Crippen LogP contribution in [-0.4, -0.2) is 71.3 Å². The van der Waals surface area contributed by atoms with Gasteiger partial charge in [0.1, 0.15) is 0 Å². The fourth-order valence-electron chi connectivity index (χ4n) is 4.64. The van der Waals surface area contributed by atoms with Gasteiger partial charge in [0.25, 0.3) is 0 Å². The molecule has 0 bridgehead atoms. The van der Waals surface area contributed by atoms with Gasteiger partial charge in [0.05, 0.1) is 6.54 Å². The molecule has 23 heavy (non-hydrogen) atoms. The van der Waals surface area contributed by atoms with Gasteiger partial charge in [-0.3, -0.25) is 14.5 Å². The Morgan fingerprint density at radius 1 is 1.00 bits per heavy atom. The van der Waals surface area contributed by atoms with Crippen molar-refractivity contribution in [1.82, 2.24) is 14.7 Å². The molecular formula is C18H31N3O2. The van der Waals surface area contributed by atoms with Crippen LogP contribution in [-0.2, 0) is 9.59 Å². The first-order valence-corrected chi connectivity index (χ1v) is 9.52. The number of likely N-dealkylation sites (tertiary alicyclic amines) is 3. The Morgan fingerprint density at radius 2 is 1.78 bits per heavy atom. The van der Waals surface area contributed by atoms with Gasteiger partial charge in [-0.1, -0.05) is 13.3 Å². The molecule has 3 saturated heterocycles. The second kappa shape index (κ2) is 7.65. The maximum Gasteiger partial charge on any atom is 0.242 e. The lowest BCUT2D eigenvalue weighted by atomic mass is 10.0. The zero-order valence-corrected chi connectivity index (χ0v) is 14.5. The minimum atomic E-state index is 0.169. The summed E-state index contributed by atoms with van der Waals surface area (Å²) in [5.41, 5.74) is 0. The van der Waals surface area contributed by atoms with E-state index in [0.717, 1.165) is 51.7 Å². The minimum Gasteiger partial charge on any atom is -0.337 e. The first-order chi connectivity index (χ1) is 11.2. The van der Waals surface area contributed by atoms with E-state index in [1.807, 2.05) is 0 Å². The van der Waals surface area contributed by atoms with Crippen LogP contribution in [0.25, 0.3) is 0 Å². The van der Waals surface area contributed by atoms with E-state index in [2.05, 4.69) is 16.7 Å². The van der Waals surface area contributed by atoms with E-state index in [1.165, 1.54) is 19.4 Å². The summed E-state index contributed by atoms with van der Waals surface area (Å²) in [4.78, 5) is 31.4. The summed E-state index contributed by atoms with van der Waals surface area (Å²) in [7, 11) is 0. The highest BCUT2D eigenvalue weighted by Gasteiger charge is 2.39. The summed E-state index contributed by atoms with van der Waals surface area (Å²) in [6, 6.07) is 0.901. The van der Waals surface area contributed by atoms with Crippen molar-refractivity contribution < 1.29 is 9.59 Å². The van der Waals surface area contributed by atoms with E-state index in [0.29, 0.717) is 25.0 Å². The molecule has 0 aliphatic carbocycles. The highest BCUT2D eigenvalue weighted by molar-refractivity contribution is 5.85. The fourth-order valence-corrected chi connectivity index (χ4v) is 4.64. The van der Waals surface area contributed by atoms with E-state index in [1.54, 1.807) is 4.90 Å². The maximum atomic E-state index is 12.8. The molecule has 0 aromatic rings. The second-order valence-corrected chi connectivity index (χ2v) is 7.26. The Morgan fingerprint density at radius 3 is 2.61 bits per heavy atom. The van der Waals surface area contributed by atoms with Crippen molar-refractivity contribution in [1.29, 1.82) is 0 Å². The summed E-state index contributed by atoms with van der Waals surface area (Å²) < 4.78 is 0. The lowest BCUT2D eigenvalue weighted by Crippen LogP contribution is -2.51. The van der Waals surface area contributed by atoms with Crippen LogP contribution < -0.4 is 0 Å². The quantitative estimate of drug-likeness (QED) is 0.794. The number of hydrogen-bond acceptors (Lipinski definition) is 3. The van der Waals surface area contributed by atoms with Crippen LogP contribution in [0.4, 0.5) is 0 Å². The Labute approximate surface area is 140 Å². The van der Waals surface area contributed by atoms with Gasteiger partial charge in [-0.15, -0.1) is 0 Å². The van der Waals surface area contributed by atoms with Gasteiger partial charge in [0.15, 0.2) is 0 Å². The van der Waals surface area contributed by atoms with Crippen molar-refractivity contribution in [3.8, 4) is 0 Å². The molecule has 0 N–H and O–H groups in total. The first-order valence-electron chi connectivity index (χ1n) is 9.52. The van der Waals surface area contributed by atoms with Crippen molar-refractivity contribution >= 4 is 11.8 Å². The zero-order chi connectivity index (χ0) is 16.2. The normalized spacial score (nSPS) is 30.0. The van der Waals surface area contributed by atoms with Crippen molar-refractivity contribution in [2.45, 2.75) is 70.4 Å². The van der Waals surface area contributed by atoms with Crippen LogP contribution in [0.5, 0.6) is 0 Å². The molecule has 130 valence electrons. The fraction of sp³-hybridized carbons (Fsp3) is 0.889. The highest BCUT2D eigenvalue weighted by Crippen LogP contribution is 2.30. The van der Waals surface area contributed by atoms with Gasteiger partial charge in [-0.25, -0.2) is 0 Å². The molecule has 3 fully saturated rings. The molecule has 3 aliphatic heterocycles. The molecule has 3 aliphatic rings. The lowest BCUT2D eigenvalue weighted by Gasteiger charge is -2.35. The third-order valence-corrected chi connectivity index (χ3v) is 5.88. The average Bonchev–Trinajstić information content (AvgIpc) is 3.16. The van der Waals surface area contributed by atoms with Crippen LogP contribution in [0.15, 0.2) is 0 Å². The standard InChI is InChI=1S/C18H31N3O2/c1-2-19-12-6-8-15(19)16-9-7-13-21(16)18(23)14-20-11-5-3-4-10-17(20)22/h15-16H,2-14H2,1H3/t15-,16-/m1/s1. The molecule has 0 aromatic carbocycles. The maximum absolute atomic E-state index is 12.8. The summed E-state index contributed by atoms with van der Waals surface area (Å²) in [5, 5.41) is 0. The van der Waals surface area contributed by atoms with Crippen molar-refractivity contribution in [2.24, 2.45) is 0 Å². The molecule has 5 nitrogen and oxygen atoms in total. The van der Waals surface area contributed by atoms with E-state index in [4.69, 9.17) is 0 Å². The number of rotatable bonds is 4. The smallest absolute Gasteiger partial charge is 0.242 e. The molecule has 0 unspecified atom stereocenters.